The van der Waals surface area contributed by atoms with Crippen LogP contribution in [0.15, 0.2) is 58.5 Å². The number of carbonyl (C=O) groups is 1. The van der Waals surface area contributed by atoms with E-state index in [-0.39, 0.29) is 23.8 Å². The molecule has 1 aliphatic heterocycles. The van der Waals surface area contributed by atoms with E-state index in [0.29, 0.717) is 23.1 Å². The molecule has 0 bridgehead atoms. The number of hydrogen-bond acceptors (Lipinski definition) is 5. The number of hydrogen-bond donors (Lipinski definition) is 1. The molecule has 7 heteroatoms. The van der Waals surface area contributed by atoms with Crippen molar-refractivity contribution < 1.29 is 9.53 Å². The molecule has 1 atom stereocenters. The lowest BCUT2D eigenvalue weighted by atomic mass is 9.87. The Balaban J connectivity index is 1.59. The van der Waals surface area contributed by atoms with Gasteiger partial charge < -0.3 is 14.6 Å². The second-order valence-electron chi connectivity index (χ2n) is 7.96. The van der Waals surface area contributed by atoms with Crippen molar-refractivity contribution in [1.82, 2.24) is 9.55 Å². The standard InChI is InChI=1S/C25H27N3O3S/c1-4-13-32-25-27-24(30)22-20(14-21(29)26-23(22)28(25)3)17-9-11-19(12-10-17)31-15-18-8-6-5-7-16(18)2/h5-12,20H,4,13-15H2,1-3H3,(H,26,29). The minimum absolute atomic E-state index is 0.102. The van der Waals surface area contributed by atoms with Crippen LogP contribution in [0.1, 0.15) is 47.9 Å². The average molecular weight is 450 g/mol. The van der Waals surface area contributed by atoms with Crippen LogP contribution >= 0.6 is 11.8 Å². The van der Waals surface area contributed by atoms with E-state index in [0.717, 1.165) is 29.1 Å². The van der Waals surface area contributed by atoms with E-state index in [1.54, 1.807) is 0 Å². The summed E-state index contributed by atoms with van der Waals surface area (Å²) in [6.07, 6.45) is 1.19. The van der Waals surface area contributed by atoms with Crippen LogP contribution < -0.4 is 15.6 Å². The number of amides is 1. The van der Waals surface area contributed by atoms with Crippen molar-refractivity contribution in [2.45, 2.75) is 44.4 Å². The molecule has 0 aliphatic carbocycles. The molecule has 0 spiro atoms. The van der Waals surface area contributed by atoms with Crippen molar-refractivity contribution in [2.75, 3.05) is 11.1 Å². The van der Waals surface area contributed by atoms with Gasteiger partial charge in [-0.05, 0) is 42.2 Å². The van der Waals surface area contributed by atoms with Gasteiger partial charge in [-0.2, -0.15) is 4.98 Å². The van der Waals surface area contributed by atoms with Crippen molar-refractivity contribution in [3.05, 3.63) is 81.1 Å². The molecule has 2 heterocycles. The van der Waals surface area contributed by atoms with Gasteiger partial charge in [0, 0.05) is 25.1 Å². The first-order valence-electron chi connectivity index (χ1n) is 10.8. The summed E-state index contributed by atoms with van der Waals surface area (Å²) in [5.74, 6) is 1.72. The van der Waals surface area contributed by atoms with Gasteiger partial charge in [-0.15, -0.1) is 0 Å². The number of nitrogens with one attached hydrogen (secondary N) is 1. The van der Waals surface area contributed by atoms with Crippen molar-refractivity contribution in [3.8, 4) is 5.75 Å². The lowest BCUT2D eigenvalue weighted by molar-refractivity contribution is -0.116. The molecule has 3 aromatic rings. The molecule has 4 rings (SSSR count). The number of carbonyl (C=O) groups excluding carboxylic acids is 1. The fraction of sp³-hybridized carbons (Fsp3) is 0.320. The van der Waals surface area contributed by atoms with E-state index in [1.165, 1.54) is 17.3 Å². The maximum Gasteiger partial charge on any atom is 0.279 e. The zero-order valence-corrected chi connectivity index (χ0v) is 19.4. The predicted molar refractivity (Wildman–Crippen MR) is 128 cm³/mol. The van der Waals surface area contributed by atoms with Gasteiger partial charge >= 0.3 is 0 Å². The lowest BCUT2D eigenvalue weighted by Gasteiger charge is -2.27. The van der Waals surface area contributed by atoms with Gasteiger partial charge in [0.15, 0.2) is 5.16 Å². The van der Waals surface area contributed by atoms with Gasteiger partial charge in [0.2, 0.25) is 5.91 Å². The van der Waals surface area contributed by atoms with Crippen molar-refractivity contribution >= 4 is 23.5 Å². The quantitative estimate of drug-likeness (QED) is 0.420. The second kappa shape index (κ2) is 9.61. The number of nitrogens with zero attached hydrogens (tertiary/aromatic N) is 2. The van der Waals surface area contributed by atoms with Crippen LogP contribution in [0.5, 0.6) is 5.75 Å². The predicted octanol–water partition coefficient (Wildman–Crippen LogP) is 4.64. The SMILES string of the molecule is CCCSc1nc(=O)c2c(n1C)NC(=O)CC2c1ccc(OCc2ccccc2C)cc1. The number of aromatic nitrogens is 2. The molecule has 0 saturated heterocycles. The Hall–Kier alpha value is -3.06. The summed E-state index contributed by atoms with van der Waals surface area (Å²) in [6.45, 7) is 4.63. The highest BCUT2D eigenvalue weighted by Gasteiger charge is 2.32. The van der Waals surface area contributed by atoms with Gasteiger partial charge in [-0.25, -0.2) is 0 Å². The highest BCUT2D eigenvalue weighted by Crippen LogP contribution is 2.36. The summed E-state index contributed by atoms with van der Waals surface area (Å²) in [5, 5.41) is 3.51. The molecule has 32 heavy (non-hydrogen) atoms. The van der Waals surface area contributed by atoms with Crippen LogP contribution in [0.2, 0.25) is 0 Å². The Kier molecular flexibility index (Phi) is 6.65. The second-order valence-corrected chi connectivity index (χ2v) is 9.02. The molecular formula is C25H27N3O3S. The Labute approximate surface area is 192 Å². The lowest BCUT2D eigenvalue weighted by Crippen LogP contribution is -2.33. The smallest absolute Gasteiger partial charge is 0.279 e. The zero-order valence-electron chi connectivity index (χ0n) is 18.6. The maximum atomic E-state index is 12.9. The molecule has 0 fully saturated rings. The fourth-order valence-corrected chi connectivity index (χ4v) is 4.69. The van der Waals surface area contributed by atoms with Gasteiger partial charge in [0.05, 0.1) is 5.56 Å². The molecule has 1 aliphatic rings. The summed E-state index contributed by atoms with van der Waals surface area (Å²) in [7, 11) is 1.84. The first-order valence-corrected chi connectivity index (χ1v) is 11.8. The number of aryl methyl sites for hydroxylation is 1. The normalized spacial score (nSPS) is 15.2. The average Bonchev–Trinajstić information content (AvgIpc) is 2.79. The van der Waals surface area contributed by atoms with Crippen LogP contribution in [0.25, 0.3) is 0 Å². The molecule has 1 unspecified atom stereocenters. The largest absolute Gasteiger partial charge is 0.489 e. The molecule has 1 aromatic heterocycles. The number of benzene rings is 2. The van der Waals surface area contributed by atoms with Crippen molar-refractivity contribution in [1.29, 1.82) is 0 Å². The highest BCUT2D eigenvalue weighted by atomic mass is 32.2. The van der Waals surface area contributed by atoms with Gasteiger partial charge in [0.1, 0.15) is 18.2 Å². The third-order valence-electron chi connectivity index (χ3n) is 5.67. The number of thioether (sulfide) groups is 1. The monoisotopic (exact) mass is 449 g/mol. The van der Waals surface area contributed by atoms with E-state index in [9.17, 15) is 9.59 Å². The number of anilines is 1. The molecule has 1 amide bonds. The summed E-state index contributed by atoms with van der Waals surface area (Å²) < 4.78 is 7.76. The number of ether oxygens (including phenoxy) is 1. The Morgan fingerprint density at radius 1 is 1.16 bits per heavy atom. The molecule has 0 saturated carbocycles. The summed E-state index contributed by atoms with van der Waals surface area (Å²) in [4.78, 5) is 29.7. The Morgan fingerprint density at radius 2 is 1.91 bits per heavy atom. The fourth-order valence-electron chi connectivity index (χ4n) is 3.87. The van der Waals surface area contributed by atoms with Crippen LogP contribution in [-0.2, 0) is 18.4 Å². The molecule has 6 nitrogen and oxygen atoms in total. The Bertz CT molecular complexity index is 1190. The van der Waals surface area contributed by atoms with Crippen LogP contribution in [0.3, 0.4) is 0 Å². The first-order chi connectivity index (χ1) is 15.5. The first kappa shape index (κ1) is 22.1. The summed E-state index contributed by atoms with van der Waals surface area (Å²) in [5.41, 5.74) is 3.50. The maximum absolute atomic E-state index is 12.9. The molecule has 2 aromatic carbocycles. The van der Waals surface area contributed by atoms with E-state index < -0.39 is 0 Å². The van der Waals surface area contributed by atoms with Gasteiger partial charge in [-0.3, -0.25) is 9.59 Å². The van der Waals surface area contributed by atoms with Crippen LogP contribution in [0.4, 0.5) is 5.82 Å². The molecule has 0 radical (unpaired) electrons. The number of rotatable bonds is 7. The molecule has 1 N–H and O–H groups in total. The third-order valence-corrected chi connectivity index (χ3v) is 6.91. The zero-order chi connectivity index (χ0) is 22.7. The Morgan fingerprint density at radius 3 is 2.62 bits per heavy atom. The minimum Gasteiger partial charge on any atom is -0.489 e. The van der Waals surface area contributed by atoms with Gasteiger partial charge in [-0.1, -0.05) is 55.1 Å². The summed E-state index contributed by atoms with van der Waals surface area (Å²) in [6, 6.07) is 15.8. The minimum atomic E-state index is -0.333. The van der Waals surface area contributed by atoms with Crippen molar-refractivity contribution in [2.24, 2.45) is 7.05 Å². The van der Waals surface area contributed by atoms with Crippen molar-refractivity contribution in [3.63, 3.8) is 0 Å². The van der Waals surface area contributed by atoms with Gasteiger partial charge in [0.25, 0.3) is 5.56 Å². The topological polar surface area (TPSA) is 73.2 Å². The molecular weight excluding hydrogens is 422 g/mol. The summed E-state index contributed by atoms with van der Waals surface area (Å²) >= 11 is 1.52. The van der Waals surface area contributed by atoms with Crippen LogP contribution in [0, 0.1) is 6.92 Å². The van der Waals surface area contributed by atoms with E-state index in [2.05, 4.69) is 36.3 Å². The van der Waals surface area contributed by atoms with E-state index >= 15 is 0 Å². The third kappa shape index (κ3) is 4.58. The number of fused-ring (bicyclic) bond motifs is 1. The van der Waals surface area contributed by atoms with E-state index in [4.69, 9.17) is 4.74 Å². The molecule has 166 valence electrons. The highest BCUT2D eigenvalue weighted by molar-refractivity contribution is 7.99. The van der Waals surface area contributed by atoms with E-state index in [1.807, 2.05) is 48.0 Å². The van der Waals surface area contributed by atoms with Crippen LogP contribution in [-0.4, -0.2) is 21.2 Å².